The van der Waals surface area contributed by atoms with Crippen molar-refractivity contribution >= 4 is 11.8 Å². The lowest BCUT2D eigenvalue weighted by Crippen LogP contribution is -2.46. The molecule has 1 aromatic rings. The zero-order valence-corrected chi connectivity index (χ0v) is 15.5. The van der Waals surface area contributed by atoms with E-state index in [1.165, 1.54) is 5.57 Å². The van der Waals surface area contributed by atoms with Crippen LogP contribution >= 0.6 is 0 Å². The SMILES string of the molecule is CC(C)=CC1C(C(=O)N2CCCC2C(=O)NCc2ccco2)C1(C)C. The highest BCUT2D eigenvalue weighted by Crippen LogP contribution is 2.60. The number of carbonyl (C=O) groups excluding carboxylic acids is 2. The van der Waals surface area contributed by atoms with E-state index in [0.717, 1.165) is 18.6 Å². The van der Waals surface area contributed by atoms with E-state index in [1.807, 2.05) is 6.07 Å². The molecule has 2 fully saturated rings. The molecule has 5 heteroatoms. The summed E-state index contributed by atoms with van der Waals surface area (Å²) < 4.78 is 5.25. The Morgan fingerprint density at radius 3 is 2.80 bits per heavy atom. The monoisotopic (exact) mass is 344 g/mol. The van der Waals surface area contributed by atoms with Gasteiger partial charge in [0.1, 0.15) is 11.8 Å². The maximum atomic E-state index is 13.1. The lowest BCUT2D eigenvalue weighted by Gasteiger charge is -2.24. The summed E-state index contributed by atoms with van der Waals surface area (Å²) in [4.78, 5) is 27.4. The molecule has 1 N–H and O–H groups in total. The molecule has 0 spiro atoms. The Balaban J connectivity index is 1.64. The average molecular weight is 344 g/mol. The Hall–Kier alpha value is -2.04. The number of amides is 2. The number of furan rings is 1. The maximum Gasteiger partial charge on any atom is 0.243 e. The highest BCUT2D eigenvalue weighted by molar-refractivity contribution is 5.91. The molecule has 25 heavy (non-hydrogen) atoms. The third-order valence-electron chi connectivity index (χ3n) is 5.55. The molecule has 1 aliphatic carbocycles. The Morgan fingerprint density at radius 2 is 2.16 bits per heavy atom. The number of likely N-dealkylation sites (tertiary alicyclic amines) is 1. The smallest absolute Gasteiger partial charge is 0.243 e. The van der Waals surface area contributed by atoms with Crippen molar-refractivity contribution in [2.24, 2.45) is 17.3 Å². The van der Waals surface area contributed by atoms with Crippen LogP contribution < -0.4 is 5.32 Å². The van der Waals surface area contributed by atoms with E-state index in [0.29, 0.717) is 13.1 Å². The van der Waals surface area contributed by atoms with Gasteiger partial charge in [-0.1, -0.05) is 25.5 Å². The molecule has 0 aromatic carbocycles. The highest BCUT2D eigenvalue weighted by Gasteiger charge is 2.62. The molecular weight excluding hydrogens is 316 g/mol. The lowest BCUT2D eigenvalue weighted by atomic mass is 10.1. The van der Waals surface area contributed by atoms with Crippen LogP contribution in [0.5, 0.6) is 0 Å². The van der Waals surface area contributed by atoms with Crippen LogP contribution in [0.25, 0.3) is 0 Å². The summed E-state index contributed by atoms with van der Waals surface area (Å²) in [6.45, 7) is 9.45. The molecule has 2 heterocycles. The molecular formula is C20H28N2O3. The molecule has 2 aliphatic rings. The van der Waals surface area contributed by atoms with Crippen LogP contribution in [0.2, 0.25) is 0 Å². The Bertz CT molecular complexity index is 671. The fraction of sp³-hybridized carbons (Fsp3) is 0.600. The molecule has 1 aromatic heterocycles. The molecule has 3 unspecified atom stereocenters. The van der Waals surface area contributed by atoms with E-state index in [9.17, 15) is 9.59 Å². The largest absolute Gasteiger partial charge is 0.467 e. The summed E-state index contributed by atoms with van der Waals surface area (Å²) in [7, 11) is 0. The number of hydrogen-bond donors (Lipinski definition) is 1. The van der Waals surface area contributed by atoms with E-state index in [-0.39, 0.29) is 35.1 Å². The predicted molar refractivity (Wildman–Crippen MR) is 95.5 cm³/mol. The van der Waals surface area contributed by atoms with Gasteiger partial charge in [0.05, 0.1) is 18.7 Å². The van der Waals surface area contributed by atoms with Gasteiger partial charge in [0.2, 0.25) is 11.8 Å². The predicted octanol–water partition coefficient (Wildman–Crippen LogP) is 3.13. The minimum atomic E-state index is -0.355. The summed E-state index contributed by atoms with van der Waals surface area (Å²) in [6.07, 6.45) is 5.40. The Kier molecular flexibility index (Phi) is 4.76. The van der Waals surface area contributed by atoms with Gasteiger partial charge in [-0.15, -0.1) is 0 Å². The van der Waals surface area contributed by atoms with E-state index in [4.69, 9.17) is 4.42 Å². The van der Waals surface area contributed by atoms with Crippen LogP contribution in [0.1, 0.15) is 46.3 Å². The van der Waals surface area contributed by atoms with Crippen LogP contribution in [0.4, 0.5) is 0 Å². The molecule has 3 atom stereocenters. The molecule has 2 amide bonds. The van der Waals surface area contributed by atoms with Gasteiger partial charge in [-0.2, -0.15) is 0 Å². The maximum absolute atomic E-state index is 13.1. The van der Waals surface area contributed by atoms with E-state index < -0.39 is 0 Å². The first kappa shape index (κ1) is 17.8. The first-order valence-corrected chi connectivity index (χ1v) is 9.08. The third-order valence-corrected chi connectivity index (χ3v) is 5.55. The number of allylic oxidation sites excluding steroid dienone is 2. The van der Waals surface area contributed by atoms with Gasteiger partial charge in [-0.05, 0) is 50.2 Å². The number of hydrogen-bond acceptors (Lipinski definition) is 3. The normalized spacial score (nSPS) is 27.0. The van der Waals surface area contributed by atoms with Gasteiger partial charge in [-0.25, -0.2) is 0 Å². The van der Waals surface area contributed by atoms with Gasteiger partial charge >= 0.3 is 0 Å². The van der Waals surface area contributed by atoms with Crippen molar-refractivity contribution in [3.8, 4) is 0 Å². The lowest BCUT2D eigenvalue weighted by molar-refractivity contribution is -0.140. The van der Waals surface area contributed by atoms with Crippen molar-refractivity contribution in [2.75, 3.05) is 6.54 Å². The zero-order valence-electron chi connectivity index (χ0n) is 15.5. The molecule has 136 valence electrons. The van der Waals surface area contributed by atoms with E-state index in [1.54, 1.807) is 17.2 Å². The first-order valence-electron chi connectivity index (χ1n) is 9.08. The first-order chi connectivity index (χ1) is 11.8. The van der Waals surface area contributed by atoms with Gasteiger partial charge in [0, 0.05) is 6.54 Å². The summed E-state index contributed by atoms with van der Waals surface area (Å²) in [5.41, 5.74) is 1.22. The standard InChI is InChI=1S/C20H28N2O3/c1-13(2)11-15-17(20(15,3)4)19(24)22-9-5-8-16(22)18(23)21-12-14-7-6-10-25-14/h6-7,10-11,15-17H,5,8-9,12H2,1-4H3,(H,21,23). The second kappa shape index (κ2) is 6.70. The third kappa shape index (κ3) is 3.51. The van der Waals surface area contributed by atoms with Gasteiger partial charge < -0.3 is 14.6 Å². The molecule has 5 nitrogen and oxygen atoms in total. The van der Waals surface area contributed by atoms with Crippen LogP contribution in [0.15, 0.2) is 34.5 Å². The Labute approximate surface area is 149 Å². The summed E-state index contributed by atoms with van der Waals surface area (Å²) in [6, 6.07) is 3.27. The minimum absolute atomic E-state index is 0.0131. The van der Waals surface area contributed by atoms with Crippen LogP contribution in [0, 0.1) is 17.3 Å². The number of nitrogens with zero attached hydrogens (tertiary/aromatic N) is 1. The fourth-order valence-electron chi connectivity index (χ4n) is 4.01. The van der Waals surface area contributed by atoms with Crippen molar-refractivity contribution in [1.29, 1.82) is 0 Å². The summed E-state index contributed by atoms with van der Waals surface area (Å²) >= 11 is 0. The van der Waals surface area contributed by atoms with Crippen LogP contribution in [-0.4, -0.2) is 29.3 Å². The highest BCUT2D eigenvalue weighted by atomic mass is 16.3. The van der Waals surface area contributed by atoms with E-state index >= 15 is 0 Å². The quantitative estimate of drug-likeness (QED) is 0.835. The molecule has 0 radical (unpaired) electrons. The van der Waals surface area contributed by atoms with Crippen molar-refractivity contribution < 1.29 is 14.0 Å². The van der Waals surface area contributed by atoms with Gasteiger partial charge in [-0.3, -0.25) is 9.59 Å². The second-order valence-corrected chi connectivity index (χ2v) is 8.06. The zero-order chi connectivity index (χ0) is 18.2. The summed E-state index contributed by atoms with van der Waals surface area (Å²) in [5, 5.41) is 2.90. The molecule has 1 saturated carbocycles. The summed E-state index contributed by atoms with van der Waals surface area (Å²) in [5.74, 6) is 1.03. The number of carbonyl (C=O) groups is 2. The topological polar surface area (TPSA) is 62.6 Å². The number of nitrogens with one attached hydrogen (secondary N) is 1. The number of rotatable bonds is 5. The van der Waals surface area contributed by atoms with Gasteiger partial charge in [0.15, 0.2) is 0 Å². The van der Waals surface area contributed by atoms with Crippen LogP contribution in [0.3, 0.4) is 0 Å². The van der Waals surface area contributed by atoms with Gasteiger partial charge in [0.25, 0.3) is 0 Å². The van der Waals surface area contributed by atoms with Crippen LogP contribution in [-0.2, 0) is 16.1 Å². The average Bonchev–Trinajstić information content (AvgIpc) is 3.05. The van der Waals surface area contributed by atoms with Crippen molar-refractivity contribution in [3.63, 3.8) is 0 Å². The molecule has 0 bridgehead atoms. The molecule has 1 saturated heterocycles. The molecule has 1 aliphatic heterocycles. The van der Waals surface area contributed by atoms with Crippen molar-refractivity contribution in [1.82, 2.24) is 10.2 Å². The van der Waals surface area contributed by atoms with Crippen molar-refractivity contribution in [2.45, 2.75) is 53.1 Å². The Morgan fingerprint density at radius 1 is 1.40 bits per heavy atom. The van der Waals surface area contributed by atoms with Crippen molar-refractivity contribution in [3.05, 3.63) is 35.8 Å². The van der Waals surface area contributed by atoms with E-state index in [2.05, 4.69) is 39.1 Å². The second-order valence-electron chi connectivity index (χ2n) is 8.06. The minimum Gasteiger partial charge on any atom is -0.467 e. The molecule has 3 rings (SSSR count). The fourth-order valence-corrected chi connectivity index (χ4v) is 4.01.